The number of nitrogens with one attached hydrogen (secondary N) is 1. The molecule has 1 spiro atoms. The highest BCUT2D eigenvalue weighted by Gasteiger charge is 2.46. The molecule has 26 heavy (non-hydrogen) atoms. The van der Waals surface area contributed by atoms with E-state index in [9.17, 15) is 0 Å². The minimum atomic E-state index is 0. The second-order valence-corrected chi connectivity index (χ2v) is 7.80. The molecule has 0 radical (unpaired) electrons. The predicted molar refractivity (Wildman–Crippen MR) is 115 cm³/mol. The fourth-order valence-electron chi connectivity index (χ4n) is 4.93. The maximum Gasteiger partial charge on any atom is 0.0647 e. The molecule has 1 saturated heterocycles. The van der Waals surface area contributed by atoms with Gasteiger partial charge in [-0.1, -0.05) is 30.3 Å². The lowest BCUT2D eigenvalue weighted by molar-refractivity contribution is 0.198. The van der Waals surface area contributed by atoms with Crippen LogP contribution >= 0.6 is 24.8 Å². The normalized spacial score (nSPS) is 22.4. The van der Waals surface area contributed by atoms with Crippen molar-refractivity contribution >= 4 is 41.9 Å². The summed E-state index contributed by atoms with van der Waals surface area (Å²) in [4.78, 5) is 5.07. The maximum atomic E-state index is 3.72. The van der Waals surface area contributed by atoms with Gasteiger partial charge in [0.15, 0.2) is 0 Å². The van der Waals surface area contributed by atoms with Crippen LogP contribution in [0.25, 0.3) is 0 Å². The molecular weight excluding hydrogens is 365 g/mol. The molecule has 0 bridgehead atoms. The number of nitrogens with zero attached hydrogens (tertiary/aromatic N) is 2. The van der Waals surface area contributed by atoms with Gasteiger partial charge in [-0.3, -0.25) is 0 Å². The monoisotopic (exact) mass is 391 g/mol. The highest BCUT2D eigenvalue weighted by molar-refractivity contribution is 5.86. The molecule has 1 fully saturated rings. The molecule has 3 aliphatic rings. The molecule has 2 aromatic rings. The summed E-state index contributed by atoms with van der Waals surface area (Å²) in [5.41, 5.74) is 7.43. The first-order valence-electron chi connectivity index (χ1n) is 9.13. The molecule has 140 valence electrons. The Kier molecular flexibility index (Phi) is 5.17. The van der Waals surface area contributed by atoms with Crippen molar-refractivity contribution in [2.24, 2.45) is 0 Å². The van der Waals surface area contributed by atoms with Crippen molar-refractivity contribution < 1.29 is 0 Å². The molecule has 5 heteroatoms. The minimum Gasteiger partial charge on any atom is -0.377 e. The van der Waals surface area contributed by atoms with Gasteiger partial charge in [-0.15, -0.1) is 24.8 Å². The third-order valence-corrected chi connectivity index (χ3v) is 6.35. The van der Waals surface area contributed by atoms with Gasteiger partial charge >= 0.3 is 0 Å². The van der Waals surface area contributed by atoms with Gasteiger partial charge in [0.1, 0.15) is 0 Å². The van der Waals surface area contributed by atoms with E-state index in [4.69, 9.17) is 0 Å². The molecule has 1 N–H and O–H groups in total. The Morgan fingerprint density at radius 1 is 1.00 bits per heavy atom. The SMILES string of the molecule is CC1Nc2ccccc2N2CC3(CCN(C)CC3)c3cccc1c32.Cl.Cl. The lowest BCUT2D eigenvalue weighted by Crippen LogP contribution is -2.43. The van der Waals surface area contributed by atoms with Crippen molar-refractivity contribution in [2.45, 2.75) is 31.2 Å². The molecule has 3 aliphatic heterocycles. The van der Waals surface area contributed by atoms with Crippen LogP contribution in [0.2, 0.25) is 0 Å². The number of piperidine rings is 1. The highest BCUT2D eigenvalue weighted by Crippen LogP contribution is 2.54. The molecule has 0 amide bonds. The van der Waals surface area contributed by atoms with Gasteiger partial charge in [-0.05, 0) is 63.2 Å². The summed E-state index contributed by atoms with van der Waals surface area (Å²) >= 11 is 0. The zero-order valence-electron chi connectivity index (χ0n) is 15.4. The Hall–Kier alpha value is -1.42. The van der Waals surface area contributed by atoms with E-state index in [1.807, 2.05) is 0 Å². The van der Waals surface area contributed by atoms with Crippen LogP contribution in [0.5, 0.6) is 0 Å². The van der Waals surface area contributed by atoms with Crippen molar-refractivity contribution in [2.75, 3.05) is 36.9 Å². The van der Waals surface area contributed by atoms with E-state index < -0.39 is 0 Å². The van der Waals surface area contributed by atoms with E-state index in [1.165, 1.54) is 48.6 Å². The van der Waals surface area contributed by atoms with Crippen molar-refractivity contribution in [3.8, 4) is 0 Å². The minimum absolute atomic E-state index is 0. The van der Waals surface area contributed by atoms with Crippen LogP contribution in [-0.4, -0.2) is 31.6 Å². The number of fused-ring (bicyclic) bond motifs is 3. The Bertz CT molecular complexity index is 800. The van der Waals surface area contributed by atoms with Gasteiger partial charge in [0, 0.05) is 12.0 Å². The van der Waals surface area contributed by atoms with Gasteiger partial charge in [0.25, 0.3) is 0 Å². The molecule has 0 aliphatic carbocycles. The van der Waals surface area contributed by atoms with E-state index in [-0.39, 0.29) is 24.8 Å². The Morgan fingerprint density at radius 2 is 1.73 bits per heavy atom. The zero-order chi connectivity index (χ0) is 16.3. The maximum absolute atomic E-state index is 3.72. The van der Waals surface area contributed by atoms with Gasteiger partial charge in [-0.25, -0.2) is 0 Å². The molecule has 3 heterocycles. The average molecular weight is 392 g/mol. The van der Waals surface area contributed by atoms with Crippen LogP contribution < -0.4 is 10.2 Å². The number of rotatable bonds is 0. The van der Waals surface area contributed by atoms with E-state index in [1.54, 1.807) is 5.56 Å². The summed E-state index contributed by atoms with van der Waals surface area (Å²) in [6.07, 6.45) is 2.53. The second kappa shape index (κ2) is 6.95. The number of benzene rings is 2. The molecule has 3 nitrogen and oxygen atoms in total. The highest BCUT2D eigenvalue weighted by atomic mass is 35.5. The van der Waals surface area contributed by atoms with E-state index in [0.29, 0.717) is 11.5 Å². The van der Waals surface area contributed by atoms with Crippen LogP contribution in [-0.2, 0) is 5.41 Å². The van der Waals surface area contributed by atoms with Gasteiger partial charge in [0.2, 0.25) is 0 Å². The summed E-state index contributed by atoms with van der Waals surface area (Å²) in [6.45, 7) is 5.81. The van der Waals surface area contributed by atoms with E-state index in [2.05, 4.69) is 71.6 Å². The third-order valence-electron chi connectivity index (χ3n) is 6.35. The fraction of sp³-hybridized carbons (Fsp3) is 0.429. The number of para-hydroxylation sites is 3. The first kappa shape index (κ1) is 19.3. The first-order chi connectivity index (χ1) is 11.7. The lowest BCUT2D eigenvalue weighted by Gasteiger charge is -2.38. The lowest BCUT2D eigenvalue weighted by atomic mass is 9.74. The van der Waals surface area contributed by atoms with Crippen molar-refractivity contribution in [3.63, 3.8) is 0 Å². The van der Waals surface area contributed by atoms with Crippen LogP contribution in [0, 0.1) is 0 Å². The molecular formula is C21H27Cl2N3. The number of anilines is 3. The molecule has 5 rings (SSSR count). The van der Waals surface area contributed by atoms with Crippen molar-refractivity contribution in [1.29, 1.82) is 0 Å². The largest absolute Gasteiger partial charge is 0.377 e. The Balaban J connectivity index is 0.000000980. The number of hydrogen-bond acceptors (Lipinski definition) is 3. The van der Waals surface area contributed by atoms with Crippen molar-refractivity contribution in [3.05, 3.63) is 53.6 Å². The van der Waals surface area contributed by atoms with Gasteiger partial charge < -0.3 is 15.1 Å². The molecule has 2 aromatic carbocycles. The summed E-state index contributed by atoms with van der Waals surface area (Å²) < 4.78 is 0. The topological polar surface area (TPSA) is 18.5 Å². The Morgan fingerprint density at radius 3 is 2.50 bits per heavy atom. The van der Waals surface area contributed by atoms with Gasteiger partial charge in [0.05, 0.1) is 23.1 Å². The molecule has 1 unspecified atom stereocenters. The van der Waals surface area contributed by atoms with E-state index in [0.717, 1.165) is 6.54 Å². The van der Waals surface area contributed by atoms with Crippen LogP contribution in [0.3, 0.4) is 0 Å². The summed E-state index contributed by atoms with van der Waals surface area (Å²) in [6, 6.07) is 16.1. The van der Waals surface area contributed by atoms with Crippen LogP contribution in [0.1, 0.15) is 36.9 Å². The quantitative estimate of drug-likeness (QED) is 0.671. The summed E-state index contributed by atoms with van der Waals surface area (Å²) in [7, 11) is 2.25. The summed E-state index contributed by atoms with van der Waals surface area (Å²) in [5, 5.41) is 3.72. The number of halogens is 2. The standard InChI is InChI=1S/C21H25N3.2ClH/c1-15-16-6-5-7-17-20(16)24(19-9-4-3-8-18(19)22-15)14-21(17)10-12-23(2)13-11-21;;/h3-9,15,22H,10-14H2,1-2H3;2*1H. The third kappa shape index (κ3) is 2.69. The fourth-order valence-corrected chi connectivity index (χ4v) is 4.93. The van der Waals surface area contributed by atoms with Crippen LogP contribution in [0.4, 0.5) is 17.1 Å². The average Bonchev–Trinajstić information content (AvgIpc) is 2.86. The predicted octanol–water partition coefficient (Wildman–Crippen LogP) is 5.13. The van der Waals surface area contributed by atoms with Crippen molar-refractivity contribution in [1.82, 2.24) is 4.90 Å². The van der Waals surface area contributed by atoms with Gasteiger partial charge in [-0.2, -0.15) is 0 Å². The zero-order valence-corrected chi connectivity index (χ0v) is 17.0. The molecule has 0 aromatic heterocycles. The molecule has 0 saturated carbocycles. The Labute approximate surface area is 168 Å². The first-order valence-corrected chi connectivity index (χ1v) is 9.13. The summed E-state index contributed by atoms with van der Waals surface area (Å²) in [5.74, 6) is 0. The molecule has 1 atom stereocenters. The second-order valence-electron chi connectivity index (χ2n) is 7.80. The smallest absolute Gasteiger partial charge is 0.0647 e. The van der Waals surface area contributed by atoms with E-state index >= 15 is 0 Å². The van der Waals surface area contributed by atoms with Crippen LogP contribution in [0.15, 0.2) is 42.5 Å². The number of hydrogen-bond donors (Lipinski definition) is 1. The number of likely N-dealkylation sites (tertiary alicyclic amines) is 1.